The minimum Gasteiger partial charge on any atom is -0.508 e. The summed E-state index contributed by atoms with van der Waals surface area (Å²) in [5.74, 6) is 0.347. The maximum atomic E-state index is 9.74. The molecule has 0 fully saturated rings. The third-order valence-corrected chi connectivity index (χ3v) is 2.83. The van der Waals surface area contributed by atoms with Crippen LogP contribution >= 0.6 is 0 Å². The highest BCUT2D eigenvalue weighted by Crippen LogP contribution is 2.33. The first-order valence-electron chi connectivity index (χ1n) is 5.07. The van der Waals surface area contributed by atoms with Crippen LogP contribution in [0.25, 0.3) is 0 Å². The first-order chi connectivity index (χ1) is 6.72. The van der Waals surface area contributed by atoms with Crippen molar-refractivity contribution in [3.8, 4) is 5.75 Å². The number of phenols is 1. The van der Waals surface area contributed by atoms with Crippen molar-refractivity contribution >= 4 is 5.69 Å². The molecule has 1 aromatic carbocycles. The molecule has 1 aromatic rings. The van der Waals surface area contributed by atoms with E-state index in [1.807, 2.05) is 6.07 Å². The zero-order valence-corrected chi connectivity index (χ0v) is 8.38. The third-order valence-electron chi connectivity index (χ3n) is 2.83. The van der Waals surface area contributed by atoms with Crippen molar-refractivity contribution in [1.29, 1.82) is 0 Å². The number of hydrogen-bond donors (Lipinski definition) is 3. The number of benzene rings is 1. The van der Waals surface area contributed by atoms with Gasteiger partial charge in [0, 0.05) is 23.4 Å². The standard InChI is InChI=1S/C11H16N2O/c1-2-10-9-5-7(12)6-11(14)8(9)3-4-13-10/h5-6,10,13-14H,2-4,12H2,1H3. The zero-order valence-electron chi connectivity index (χ0n) is 8.38. The fourth-order valence-corrected chi connectivity index (χ4v) is 2.13. The highest BCUT2D eigenvalue weighted by molar-refractivity contribution is 5.54. The van der Waals surface area contributed by atoms with E-state index in [1.54, 1.807) is 6.07 Å². The summed E-state index contributed by atoms with van der Waals surface area (Å²) < 4.78 is 0. The van der Waals surface area contributed by atoms with Gasteiger partial charge in [-0.2, -0.15) is 0 Å². The average Bonchev–Trinajstić information content (AvgIpc) is 2.17. The number of nitrogens with one attached hydrogen (secondary N) is 1. The Kier molecular flexibility index (Phi) is 2.33. The molecule has 0 saturated carbocycles. The molecular formula is C11H16N2O. The molecule has 76 valence electrons. The van der Waals surface area contributed by atoms with Crippen LogP contribution in [-0.4, -0.2) is 11.7 Å². The molecule has 0 bridgehead atoms. The van der Waals surface area contributed by atoms with E-state index in [9.17, 15) is 5.11 Å². The van der Waals surface area contributed by atoms with Gasteiger partial charge in [0.15, 0.2) is 0 Å². The molecule has 0 radical (unpaired) electrons. The summed E-state index contributed by atoms with van der Waals surface area (Å²) >= 11 is 0. The van der Waals surface area contributed by atoms with Crippen molar-refractivity contribution in [1.82, 2.24) is 5.32 Å². The first-order valence-corrected chi connectivity index (χ1v) is 5.07. The summed E-state index contributed by atoms with van der Waals surface area (Å²) in [7, 11) is 0. The van der Waals surface area contributed by atoms with Crippen LogP contribution < -0.4 is 11.1 Å². The molecule has 2 rings (SSSR count). The number of phenolic OH excluding ortho intramolecular Hbond substituents is 1. The molecule has 0 spiro atoms. The zero-order chi connectivity index (χ0) is 10.1. The van der Waals surface area contributed by atoms with E-state index in [-0.39, 0.29) is 0 Å². The molecule has 3 heteroatoms. The Morgan fingerprint density at radius 3 is 3.07 bits per heavy atom. The Morgan fingerprint density at radius 1 is 1.57 bits per heavy atom. The monoisotopic (exact) mass is 192 g/mol. The Morgan fingerprint density at radius 2 is 2.36 bits per heavy atom. The number of nitrogens with two attached hydrogens (primary N) is 1. The molecule has 1 unspecified atom stereocenters. The highest BCUT2D eigenvalue weighted by Gasteiger charge is 2.20. The Balaban J connectivity index is 2.51. The topological polar surface area (TPSA) is 58.3 Å². The second-order valence-electron chi connectivity index (χ2n) is 3.77. The van der Waals surface area contributed by atoms with Gasteiger partial charge in [0.05, 0.1) is 0 Å². The second kappa shape index (κ2) is 3.50. The summed E-state index contributed by atoms with van der Waals surface area (Å²) in [4.78, 5) is 0. The van der Waals surface area contributed by atoms with E-state index in [1.165, 1.54) is 0 Å². The largest absolute Gasteiger partial charge is 0.508 e. The molecule has 0 aromatic heterocycles. The van der Waals surface area contributed by atoms with Crippen molar-refractivity contribution in [2.45, 2.75) is 25.8 Å². The van der Waals surface area contributed by atoms with Gasteiger partial charge in [0.1, 0.15) is 5.75 Å². The average molecular weight is 192 g/mol. The Hall–Kier alpha value is -1.22. The summed E-state index contributed by atoms with van der Waals surface area (Å²) in [5.41, 5.74) is 8.58. The van der Waals surface area contributed by atoms with Gasteiger partial charge in [0.25, 0.3) is 0 Å². The highest BCUT2D eigenvalue weighted by atomic mass is 16.3. The van der Waals surface area contributed by atoms with Gasteiger partial charge in [-0.3, -0.25) is 0 Å². The molecule has 0 saturated heterocycles. The Labute approximate surface area is 83.9 Å². The van der Waals surface area contributed by atoms with Crippen molar-refractivity contribution in [3.05, 3.63) is 23.3 Å². The third kappa shape index (κ3) is 1.44. The van der Waals surface area contributed by atoms with Crippen molar-refractivity contribution < 1.29 is 5.11 Å². The number of rotatable bonds is 1. The van der Waals surface area contributed by atoms with Crippen LogP contribution in [0.5, 0.6) is 5.75 Å². The molecule has 1 aliphatic heterocycles. The van der Waals surface area contributed by atoms with Gasteiger partial charge >= 0.3 is 0 Å². The maximum absolute atomic E-state index is 9.74. The van der Waals surface area contributed by atoms with Crippen LogP contribution in [0, 0.1) is 0 Å². The van der Waals surface area contributed by atoms with Crippen LogP contribution in [0.2, 0.25) is 0 Å². The molecule has 1 aliphatic rings. The van der Waals surface area contributed by atoms with Crippen LogP contribution in [0.15, 0.2) is 12.1 Å². The lowest BCUT2D eigenvalue weighted by molar-refractivity contribution is 0.442. The van der Waals surface area contributed by atoms with E-state index in [0.717, 1.165) is 30.5 Å². The summed E-state index contributed by atoms with van der Waals surface area (Å²) in [6.07, 6.45) is 1.91. The van der Waals surface area contributed by atoms with Crippen molar-refractivity contribution in [2.75, 3.05) is 12.3 Å². The lowest BCUT2D eigenvalue weighted by Crippen LogP contribution is -2.29. The molecule has 14 heavy (non-hydrogen) atoms. The summed E-state index contributed by atoms with van der Waals surface area (Å²) in [5, 5.41) is 13.2. The van der Waals surface area contributed by atoms with Gasteiger partial charge in [-0.15, -0.1) is 0 Å². The van der Waals surface area contributed by atoms with E-state index in [0.29, 0.717) is 17.5 Å². The molecule has 0 amide bonds. The smallest absolute Gasteiger partial charge is 0.121 e. The molecule has 4 N–H and O–H groups in total. The van der Waals surface area contributed by atoms with Gasteiger partial charge in [0.2, 0.25) is 0 Å². The normalized spacial score (nSPS) is 20.5. The van der Waals surface area contributed by atoms with E-state index in [2.05, 4.69) is 12.2 Å². The predicted octanol–water partition coefficient (Wildman–Crippen LogP) is 1.57. The quantitative estimate of drug-likeness (QED) is 0.592. The SMILES string of the molecule is CCC1NCCc2c(O)cc(N)cc21. The molecule has 3 nitrogen and oxygen atoms in total. The fraction of sp³-hybridized carbons (Fsp3) is 0.455. The van der Waals surface area contributed by atoms with Crippen LogP contribution in [0.1, 0.15) is 30.5 Å². The van der Waals surface area contributed by atoms with E-state index >= 15 is 0 Å². The lowest BCUT2D eigenvalue weighted by atomic mass is 9.91. The molecule has 1 atom stereocenters. The minimum absolute atomic E-state index is 0.341. The molecule has 1 heterocycles. The lowest BCUT2D eigenvalue weighted by Gasteiger charge is -2.26. The number of anilines is 1. The van der Waals surface area contributed by atoms with Crippen LogP contribution in [0.4, 0.5) is 5.69 Å². The maximum Gasteiger partial charge on any atom is 0.121 e. The van der Waals surface area contributed by atoms with Crippen molar-refractivity contribution in [2.24, 2.45) is 0 Å². The summed E-state index contributed by atoms with van der Waals surface area (Å²) in [6.45, 7) is 3.07. The van der Waals surface area contributed by atoms with Crippen molar-refractivity contribution in [3.63, 3.8) is 0 Å². The minimum atomic E-state index is 0.341. The van der Waals surface area contributed by atoms with Gasteiger partial charge in [-0.05, 0) is 31.0 Å². The van der Waals surface area contributed by atoms with Gasteiger partial charge in [-0.25, -0.2) is 0 Å². The van der Waals surface area contributed by atoms with Crippen LogP contribution in [-0.2, 0) is 6.42 Å². The number of fused-ring (bicyclic) bond motifs is 1. The molecular weight excluding hydrogens is 176 g/mol. The number of aromatic hydroxyl groups is 1. The number of nitrogen functional groups attached to an aromatic ring is 1. The summed E-state index contributed by atoms with van der Waals surface area (Å²) in [6, 6.07) is 3.94. The predicted molar refractivity (Wildman–Crippen MR) is 57.3 cm³/mol. The molecule has 0 aliphatic carbocycles. The van der Waals surface area contributed by atoms with Gasteiger partial charge < -0.3 is 16.2 Å². The van der Waals surface area contributed by atoms with Crippen LogP contribution in [0.3, 0.4) is 0 Å². The second-order valence-corrected chi connectivity index (χ2v) is 3.77. The number of hydrogen-bond acceptors (Lipinski definition) is 3. The Bertz CT molecular complexity index is 349. The van der Waals surface area contributed by atoms with Gasteiger partial charge in [-0.1, -0.05) is 6.92 Å². The first kappa shape index (κ1) is 9.34. The van der Waals surface area contributed by atoms with E-state index < -0.39 is 0 Å². The fourth-order valence-electron chi connectivity index (χ4n) is 2.13. The van der Waals surface area contributed by atoms with E-state index in [4.69, 9.17) is 5.73 Å².